The number of halogens is 1. The summed E-state index contributed by atoms with van der Waals surface area (Å²) in [4.78, 5) is 0. The highest BCUT2D eigenvalue weighted by atomic mass is 19.1. The Morgan fingerprint density at radius 3 is 2.43 bits per heavy atom. The zero-order valence-corrected chi connectivity index (χ0v) is 12.9. The van der Waals surface area contributed by atoms with Gasteiger partial charge in [0.05, 0.1) is 0 Å². The van der Waals surface area contributed by atoms with Crippen molar-refractivity contribution in [3.63, 3.8) is 0 Å². The van der Waals surface area contributed by atoms with E-state index in [2.05, 4.69) is 6.92 Å². The highest BCUT2D eigenvalue weighted by Gasteiger charge is 2.24. The Bertz CT molecular complexity index is 442. The fourth-order valence-electron chi connectivity index (χ4n) is 3.48. The zero-order valence-electron chi connectivity index (χ0n) is 12.9. The maximum absolute atomic E-state index is 14.1. The molecular formula is C17H26BFO2. The highest BCUT2D eigenvalue weighted by molar-refractivity contribution is 6.58. The standard InChI is InChI=1S/C17H26BFO2/c1-2-3-4-5-13-6-8-14(9-7-13)16-11-10-15(18(20)21)12-17(16)19/h10-14,20-21H,2-9H2,1H3. The Morgan fingerprint density at radius 2 is 1.86 bits per heavy atom. The summed E-state index contributed by atoms with van der Waals surface area (Å²) in [6, 6.07) is 4.61. The predicted molar refractivity (Wildman–Crippen MR) is 85.1 cm³/mol. The molecule has 0 atom stereocenters. The van der Waals surface area contributed by atoms with E-state index in [0.29, 0.717) is 0 Å². The smallest absolute Gasteiger partial charge is 0.423 e. The van der Waals surface area contributed by atoms with Gasteiger partial charge in [-0.05, 0) is 54.6 Å². The Hall–Kier alpha value is -0.865. The molecule has 0 bridgehead atoms. The molecule has 1 saturated carbocycles. The van der Waals surface area contributed by atoms with Gasteiger partial charge in [-0.2, -0.15) is 0 Å². The van der Waals surface area contributed by atoms with Gasteiger partial charge < -0.3 is 10.0 Å². The Balaban J connectivity index is 1.90. The van der Waals surface area contributed by atoms with E-state index in [1.165, 1.54) is 44.6 Å². The predicted octanol–water partition coefficient (Wildman–Crippen LogP) is 3.36. The van der Waals surface area contributed by atoms with E-state index in [9.17, 15) is 4.39 Å². The topological polar surface area (TPSA) is 40.5 Å². The van der Waals surface area contributed by atoms with Crippen molar-refractivity contribution in [2.75, 3.05) is 0 Å². The van der Waals surface area contributed by atoms with Crippen molar-refractivity contribution >= 4 is 12.6 Å². The van der Waals surface area contributed by atoms with Crippen LogP contribution < -0.4 is 5.46 Å². The molecule has 1 fully saturated rings. The van der Waals surface area contributed by atoms with E-state index in [0.717, 1.165) is 24.3 Å². The molecule has 0 aliphatic heterocycles. The molecule has 0 unspecified atom stereocenters. The largest absolute Gasteiger partial charge is 0.488 e. The summed E-state index contributed by atoms with van der Waals surface area (Å²) in [6.45, 7) is 2.23. The normalized spacial score (nSPS) is 22.3. The molecule has 1 aliphatic carbocycles. The van der Waals surface area contributed by atoms with Crippen LogP contribution in [0.3, 0.4) is 0 Å². The molecule has 116 valence electrons. The maximum Gasteiger partial charge on any atom is 0.488 e. The van der Waals surface area contributed by atoms with Crippen LogP contribution in [0.1, 0.15) is 69.8 Å². The lowest BCUT2D eigenvalue weighted by Crippen LogP contribution is -2.30. The molecule has 2 rings (SSSR count). The third kappa shape index (κ3) is 4.55. The molecule has 2 nitrogen and oxygen atoms in total. The van der Waals surface area contributed by atoms with E-state index in [1.807, 2.05) is 0 Å². The first-order chi connectivity index (χ1) is 10.1. The summed E-state index contributed by atoms with van der Waals surface area (Å²) in [6.07, 6.45) is 9.71. The second-order valence-corrected chi connectivity index (χ2v) is 6.37. The zero-order chi connectivity index (χ0) is 15.2. The monoisotopic (exact) mass is 292 g/mol. The fraction of sp³-hybridized carbons (Fsp3) is 0.647. The van der Waals surface area contributed by atoms with Gasteiger partial charge in [0.15, 0.2) is 0 Å². The van der Waals surface area contributed by atoms with Crippen LogP contribution in [0, 0.1) is 11.7 Å². The average Bonchev–Trinajstić information content (AvgIpc) is 2.48. The lowest BCUT2D eigenvalue weighted by atomic mass is 9.75. The highest BCUT2D eigenvalue weighted by Crippen LogP contribution is 2.38. The second-order valence-electron chi connectivity index (χ2n) is 6.37. The molecule has 1 aliphatic rings. The van der Waals surface area contributed by atoms with Gasteiger partial charge >= 0.3 is 7.12 Å². The first kappa shape index (κ1) is 16.5. The Morgan fingerprint density at radius 1 is 1.14 bits per heavy atom. The van der Waals surface area contributed by atoms with Crippen LogP contribution in [-0.4, -0.2) is 17.2 Å². The van der Waals surface area contributed by atoms with Crippen molar-refractivity contribution in [1.82, 2.24) is 0 Å². The van der Waals surface area contributed by atoms with Gasteiger partial charge in [-0.3, -0.25) is 0 Å². The SMILES string of the molecule is CCCCCC1CCC(c2ccc(B(O)O)cc2F)CC1. The lowest BCUT2D eigenvalue weighted by Gasteiger charge is -2.29. The number of rotatable bonds is 6. The van der Waals surface area contributed by atoms with E-state index >= 15 is 0 Å². The average molecular weight is 292 g/mol. The van der Waals surface area contributed by atoms with Crippen LogP contribution in [0.25, 0.3) is 0 Å². The lowest BCUT2D eigenvalue weighted by molar-refractivity contribution is 0.299. The Kier molecular flexibility index (Phi) is 6.25. The van der Waals surface area contributed by atoms with E-state index in [-0.39, 0.29) is 17.2 Å². The minimum absolute atomic E-state index is 0.226. The number of benzene rings is 1. The van der Waals surface area contributed by atoms with Gasteiger partial charge in [-0.15, -0.1) is 0 Å². The van der Waals surface area contributed by atoms with Crippen molar-refractivity contribution in [1.29, 1.82) is 0 Å². The molecule has 1 aromatic rings. The summed E-state index contributed by atoms with van der Waals surface area (Å²) in [5.41, 5.74) is 0.968. The van der Waals surface area contributed by atoms with E-state index in [1.54, 1.807) is 12.1 Å². The molecular weight excluding hydrogens is 266 g/mol. The van der Waals surface area contributed by atoms with Crippen molar-refractivity contribution in [2.45, 2.75) is 64.2 Å². The summed E-state index contributed by atoms with van der Waals surface area (Å²) in [5, 5.41) is 18.2. The summed E-state index contributed by atoms with van der Waals surface area (Å²) in [5.74, 6) is 0.807. The van der Waals surface area contributed by atoms with Gasteiger partial charge in [0.1, 0.15) is 5.82 Å². The van der Waals surface area contributed by atoms with Gasteiger partial charge in [-0.1, -0.05) is 44.7 Å². The minimum Gasteiger partial charge on any atom is -0.423 e. The molecule has 0 radical (unpaired) electrons. The van der Waals surface area contributed by atoms with Crippen LogP contribution in [0.4, 0.5) is 4.39 Å². The van der Waals surface area contributed by atoms with Crippen LogP contribution in [0.15, 0.2) is 18.2 Å². The molecule has 1 aromatic carbocycles. The summed E-state index contributed by atoms with van der Waals surface area (Å²) < 4.78 is 14.1. The van der Waals surface area contributed by atoms with Gasteiger partial charge in [0.25, 0.3) is 0 Å². The number of hydrogen-bond acceptors (Lipinski definition) is 2. The first-order valence-electron chi connectivity index (χ1n) is 8.27. The third-order valence-corrected chi connectivity index (χ3v) is 4.83. The third-order valence-electron chi connectivity index (χ3n) is 4.83. The molecule has 2 N–H and O–H groups in total. The van der Waals surface area contributed by atoms with Crippen molar-refractivity contribution in [3.8, 4) is 0 Å². The van der Waals surface area contributed by atoms with Crippen LogP contribution in [-0.2, 0) is 0 Å². The van der Waals surface area contributed by atoms with E-state index < -0.39 is 7.12 Å². The fourth-order valence-corrected chi connectivity index (χ4v) is 3.48. The number of unbranched alkanes of at least 4 members (excludes halogenated alkanes) is 2. The van der Waals surface area contributed by atoms with Crippen molar-refractivity contribution < 1.29 is 14.4 Å². The molecule has 0 saturated heterocycles. The quantitative estimate of drug-likeness (QED) is 0.623. The van der Waals surface area contributed by atoms with Gasteiger partial charge in [0.2, 0.25) is 0 Å². The molecule has 4 heteroatoms. The van der Waals surface area contributed by atoms with Crippen LogP contribution in [0.5, 0.6) is 0 Å². The molecule has 0 aromatic heterocycles. The Labute approximate surface area is 127 Å². The molecule has 0 amide bonds. The van der Waals surface area contributed by atoms with Crippen molar-refractivity contribution in [3.05, 3.63) is 29.6 Å². The summed E-state index contributed by atoms with van der Waals surface area (Å²) in [7, 11) is -1.59. The first-order valence-corrected chi connectivity index (χ1v) is 8.27. The second kappa shape index (κ2) is 7.95. The van der Waals surface area contributed by atoms with Crippen LogP contribution in [0.2, 0.25) is 0 Å². The maximum atomic E-state index is 14.1. The minimum atomic E-state index is -1.59. The van der Waals surface area contributed by atoms with Gasteiger partial charge in [-0.25, -0.2) is 4.39 Å². The molecule has 0 spiro atoms. The molecule has 21 heavy (non-hydrogen) atoms. The van der Waals surface area contributed by atoms with E-state index in [4.69, 9.17) is 10.0 Å². The van der Waals surface area contributed by atoms with Crippen LogP contribution >= 0.6 is 0 Å². The van der Waals surface area contributed by atoms with Crippen molar-refractivity contribution in [2.24, 2.45) is 5.92 Å². The molecule has 0 heterocycles. The number of hydrogen-bond donors (Lipinski definition) is 2. The summed E-state index contributed by atoms with van der Waals surface area (Å²) >= 11 is 0. The van der Waals surface area contributed by atoms with Gasteiger partial charge in [0, 0.05) is 0 Å².